The van der Waals surface area contributed by atoms with Crippen molar-refractivity contribution in [3.05, 3.63) is 21.3 Å². The van der Waals surface area contributed by atoms with E-state index in [4.69, 9.17) is 11.6 Å². The minimum Gasteiger partial charge on any atom is -0.349 e. The highest BCUT2D eigenvalue weighted by Crippen LogP contribution is 2.31. The normalized spacial score (nSPS) is 19.6. The smallest absolute Gasteiger partial charge is 0.222 e. The average molecular weight is 315 g/mol. The van der Waals surface area contributed by atoms with Crippen LogP contribution in [0.2, 0.25) is 4.34 Å². The fourth-order valence-electron chi connectivity index (χ4n) is 2.98. The third-order valence-corrected chi connectivity index (χ3v) is 5.65. The van der Waals surface area contributed by atoms with Gasteiger partial charge in [-0.2, -0.15) is 0 Å². The maximum atomic E-state index is 12.3. The van der Waals surface area contributed by atoms with E-state index in [0.29, 0.717) is 6.42 Å². The molecule has 0 spiro atoms. The number of halogens is 1. The molecule has 112 valence electrons. The van der Waals surface area contributed by atoms with Gasteiger partial charge in [-0.15, -0.1) is 11.3 Å². The van der Waals surface area contributed by atoms with Crippen LogP contribution in [0.3, 0.4) is 0 Å². The topological polar surface area (TPSA) is 41.1 Å². The van der Waals surface area contributed by atoms with E-state index in [-0.39, 0.29) is 17.5 Å². The van der Waals surface area contributed by atoms with Gasteiger partial charge in [-0.1, -0.05) is 30.9 Å². The van der Waals surface area contributed by atoms with Gasteiger partial charge < -0.3 is 10.6 Å². The van der Waals surface area contributed by atoms with Crippen molar-refractivity contribution in [3.63, 3.8) is 0 Å². The Hall–Kier alpha value is -0.580. The minimum atomic E-state index is -0.00481. The molecule has 0 saturated heterocycles. The molecule has 1 aromatic rings. The van der Waals surface area contributed by atoms with Crippen molar-refractivity contribution in [2.45, 2.75) is 57.0 Å². The summed E-state index contributed by atoms with van der Waals surface area (Å²) in [6.45, 7) is 2.01. The van der Waals surface area contributed by atoms with Crippen molar-refractivity contribution in [2.75, 3.05) is 7.05 Å². The van der Waals surface area contributed by atoms with E-state index in [9.17, 15) is 4.79 Å². The minimum absolute atomic E-state index is 0.00481. The largest absolute Gasteiger partial charge is 0.349 e. The lowest BCUT2D eigenvalue weighted by atomic mass is 9.79. The number of rotatable bonds is 5. The number of hydrogen-bond acceptors (Lipinski definition) is 3. The van der Waals surface area contributed by atoms with Crippen LogP contribution in [0.1, 0.15) is 56.4 Å². The quantitative estimate of drug-likeness (QED) is 0.865. The lowest BCUT2D eigenvalue weighted by molar-refractivity contribution is -0.123. The van der Waals surface area contributed by atoms with Crippen LogP contribution in [-0.2, 0) is 4.79 Å². The van der Waals surface area contributed by atoms with Gasteiger partial charge in [-0.25, -0.2) is 0 Å². The first-order valence-corrected chi connectivity index (χ1v) is 8.48. The predicted molar refractivity (Wildman–Crippen MR) is 85.4 cm³/mol. The Balaban J connectivity index is 1.91. The average Bonchev–Trinajstić information content (AvgIpc) is 2.86. The molecule has 1 fully saturated rings. The molecule has 5 heteroatoms. The van der Waals surface area contributed by atoms with Crippen molar-refractivity contribution in [1.29, 1.82) is 0 Å². The van der Waals surface area contributed by atoms with Gasteiger partial charge in [0.05, 0.1) is 10.4 Å². The van der Waals surface area contributed by atoms with E-state index >= 15 is 0 Å². The molecule has 3 nitrogen and oxygen atoms in total. The summed E-state index contributed by atoms with van der Waals surface area (Å²) < 4.78 is 0.764. The molecule has 2 N–H and O–H groups in total. The maximum absolute atomic E-state index is 12.3. The SMILES string of the molecule is CNC1(CC(=O)NC(C)c2ccc(Cl)s2)CCCCC1. The molecular weight excluding hydrogens is 292 g/mol. The number of amides is 1. The van der Waals surface area contributed by atoms with E-state index in [1.165, 1.54) is 30.6 Å². The number of thiophene rings is 1. The van der Waals surface area contributed by atoms with Crippen molar-refractivity contribution in [1.82, 2.24) is 10.6 Å². The highest BCUT2D eigenvalue weighted by atomic mass is 35.5. The first-order chi connectivity index (χ1) is 9.54. The maximum Gasteiger partial charge on any atom is 0.222 e. The predicted octanol–water partition coefficient (Wildman–Crippen LogP) is 3.89. The molecule has 0 radical (unpaired) electrons. The van der Waals surface area contributed by atoms with Crippen LogP contribution in [0.5, 0.6) is 0 Å². The molecule has 1 amide bonds. The van der Waals surface area contributed by atoms with Crippen molar-refractivity contribution >= 4 is 28.8 Å². The van der Waals surface area contributed by atoms with Gasteiger partial charge in [-0.3, -0.25) is 4.79 Å². The molecule has 1 aliphatic carbocycles. The van der Waals surface area contributed by atoms with Crippen molar-refractivity contribution in [2.24, 2.45) is 0 Å². The Labute approximate surface area is 130 Å². The summed E-state index contributed by atoms with van der Waals surface area (Å²) in [4.78, 5) is 13.4. The standard InChI is InChI=1S/C15H23ClN2OS/c1-11(12-6-7-13(16)20-12)18-14(19)10-15(17-2)8-4-3-5-9-15/h6-7,11,17H,3-5,8-10H2,1-2H3,(H,18,19). The molecule has 1 aliphatic rings. The lowest BCUT2D eigenvalue weighted by Gasteiger charge is -2.37. The molecule has 0 aromatic carbocycles. The zero-order chi connectivity index (χ0) is 14.6. The molecule has 20 heavy (non-hydrogen) atoms. The Morgan fingerprint density at radius 1 is 1.40 bits per heavy atom. The second kappa shape index (κ2) is 6.92. The zero-order valence-electron chi connectivity index (χ0n) is 12.2. The van der Waals surface area contributed by atoms with Crippen LogP contribution in [0, 0.1) is 0 Å². The summed E-state index contributed by atoms with van der Waals surface area (Å²) in [6, 6.07) is 3.88. The third kappa shape index (κ3) is 3.96. The van der Waals surface area contributed by atoms with Gasteiger partial charge in [0.2, 0.25) is 5.91 Å². The molecule has 1 unspecified atom stereocenters. The molecule has 1 aromatic heterocycles. The zero-order valence-corrected chi connectivity index (χ0v) is 13.7. The Morgan fingerprint density at radius 2 is 2.10 bits per heavy atom. The summed E-state index contributed by atoms with van der Waals surface area (Å²) >= 11 is 7.46. The van der Waals surface area contributed by atoms with Crippen LogP contribution >= 0.6 is 22.9 Å². The van der Waals surface area contributed by atoms with E-state index in [2.05, 4.69) is 10.6 Å². The van der Waals surface area contributed by atoms with Crippen molar-refractivity contribution < 1.29 is 4.79 Å². The van der Waals surface area contributed by atoms with Crippen LogP contribution in [0.4, 0.5) is 0 Å². The van der Waals surface area contributed by atoms with E-state index < -0.39 is 0 Å². The molecule has 2 rings (SSSR count). The van der Waals surface area contributed by atoms with Gasteiger partial charge in [0.1, 0.15) is 0 Å². The summed E-state index contributed by atoms with van der Waals surface area (Å²) in [5.74, 6) is 0.123. The first kappa shape index (κ1) is 15.8. The van der Waals surface area contributed by atoms with Crippen molar-refractivity contribution in [3.8, 4) is 0 Å². The molecular formula is C15H23ClN2OS. The fourth-order valence-corrected chi connectivity index (χ4v) is 4.04. The van der Waals surface area contributed by atoms with Crippen LogP contribution in [0.15, 0.2) is 12.1 Å². The fraction of sp³-hybridized carbons (Fsp3) is 0.667. The molecule has 1 atom stereocenters. The van der Waals surface area contributed by atoms with Gasteiger partial charge >= 0.3 is 0 Å². The first-order valence-electron chi connectivity index (χ1n) is 7.28. The van der Waals surface area contributed by atoms with Gasteiger partial charge in [0, 0.05) is 16.8 Å². The number of carbonyl (C=O) groups is 1. The highest BCUT2D eigenvalue weighted by molar-refractivity contribution is 7.16. The molecule has 0 bridgehead atoms. The second-order valence-corrected chi connectivity index (χ2v) is 7.45. The van der Waals surface area contributed by atoms with Crippen LogP contribution in [0.25, 0.3) is 0 Å². The second-order valence-electron chi connectivity index (χ2n) is 5.70. The van der Waals surface area contributed by atoms with Gasteiger partial charge in [-0.05, 0) is 38.9 Å². The number of nitrogens with one attached hydrogen (secondary N) is 2. The number of hydrogen-bond donors (Lipinski definition) is 2. The molecule has 1 heterocycles. The van der Waals surface area contributed by atoms with E-state index in [1.54, 1.807) is 0 Å². The Bertz CT molecular complexity index is 454. The summed E-state index contributed by atoms with van der Waals surface area (Å²) in [6.07, 6.45) is 6.46. The Morgan fingerprint density at radius 3 is 2.65 bits per heavy atom. The monoisotopic (exact) mass is 314 g/mol. The molecule has 1 saturated carbocycles. The van der Waals surface area contributed by atoms with Crippen LogP contribution < -0.4 is 10.6 Å². The van der Waals surface area contributed by atoms with E-state index in [0.717, 1.165) is 22.1 Å². The lowest BCUT2D eigenvalue weighted by Crippen LogP contribution is -2.48. The van der Waals surface area contributed by atoms with E-state index in [1.807, 2.05) is 26.1 Å². The molecule has 0 aliphatic heterocycles. The summed E-state index contributed by atoms with van der Waals surface area (Å²) in [7, 11) is 1.97. The van der Waals surface area contributed by atoms with Gasteiger partial charge in [0.25, 0.3) is 0 Å². The van der Waals surface area contributed by atoms with Crippen LogP contribution in [-0.4, -0.2) is 18.5 Å². The summed E-state index contributed by atoms with van der Waals surface area (Å²) in [5, 5.41) is 6.47. The van der Waals surface area contributed by atoms with Gasteiger partial charge in [0.15, 0.2) is 0 Å². The number of carbonyl (C=O) groups excluding carboxylic acids is 1. The highest BCUT2D eigenvalue weighted by Gasteiger charge is 2.32. The Kier molecular flexibility index (Phi) is 5.47. The summed E-state index contributed by atoms with van der Waals surface area (Å²) in [5.41, 5.74) is -0.00481. The third-order valence-electron chi connectivity index (χ3n) is 4.24.